The Hall–Kier alpha value is -2.30. The lowest BCUT2D eigenvalue weighted by atomic mass is 9.98. The Bertz CT molecular complexity index is 894. The van der Waals surface area contributed by atoms with Crippen LogP contribution in [0.5, 0.6) is 0 Å². The van der Waals surface area contributed by atoms with Gasteiger partial charge in [-0.25, -0.2) is 13.2 Å². The van der Waals surface area contributed by atoms with Crippen LogP contribution in [0.4, 0.5) is 23.7 Å². The highest BCUT2D eigenvalue weighted by Gasteiger charge is 2.46. The van der Waals surface area contributed by atoms with E-state index in [1.807, 2.05) is 0 Å². The van der Waals surface area contributed by atoms with Crippen LogP contribution >= 0.6 is 0 Å². The monoisotopic (exact) mass is 464 g/mol. The number of sulfone groups is 1. The number of halogens is 3. The van der Waals surface area contributed by atoms with Crippen LogP contribution < -0.4 is 5.32 Å². The van der Waals surface area contributed by atoms with E-state index in [0.29, 0.717) is 4.90 Å². The molecule has 1 fully saturated rings. The summed E-state index contributed by atoms with van der Waals surface area (Å²) in [6, 6.07) is 2.75. The van der Waals surface area contributed by atoms with Crippen molar-refractivity contribution in [2.75, 3.05) is 23.9 Å². The van der Waals surface area contributed by atoms with Crippen molar-refractivity contribution in [2.24, 2.45) is 5.92 Å². The zero-order chi connectivity index (χ0) is 23.6. The molecule has 1 aliphatic heterocycles. The second-order valence-corrected chi connectivity index (χ2v) is 10.9. The number of anilines is 1. The Morgan fingerprint density at radius 3 is 2.06 bits per heavy atom. The largest absolute Gasteiger partial charge is 0.444 e. The first-order valence-electron chi connectivity index (χ1n) is 9.73. The predicted octanol–water partition coefficient (Wildman–Crippen LogP) is 3.92. The Morgan fingerprint density at radius 1 is 1.10 bits per heavy atom. The minimum absolute atomic E-state index is 0.00876. The van der Waals surface area contributed by atoms with Crippen LogP contribution in [0.2, 0.25) is 0 Å². The van der Waals surface area contributed by atoms with E-state index in [-0.39, 0.29) is 35.6 Å². The van der Waals surface area contributed by atoms with Crippen LogP contribution in [0.1, 0.15) is 45.2 Å². The van der Waals surface area contributed by atoms with Crippen LogP contribution in [0.3, 0.4) is 0 Å². The molecule has 0 spiro atoms. The summed E-state index contributed by atoms with van der Waals surface area (Å²) in [6.45, 7) is 5.04. The van der Waals surface area contributed by atoms with E-state index >= 15 is 0 Å². The molecule has 174 valence electrons. The van der Waals surface area contributed by atoms with Crippen molar-refractivity contribution in [3.63, 3.8) is 0 Å². The van der Waals surface area contributed by atoms with E-state index in [9.17, 15) is 31.2 Å². The molecule has 1 aliphatic rings. The molecule has 31 heavy (non-hydrogen) atoms. The summed E-state index contributed by atoms with van der Waals surface area (Å²) in [5, 5.41) is 2.43. The number of hydrogen-bond donors (Lipinski definition) is 1. The Kier molecular flexibility index (Phi) is 7.29. The molecule has 1 aromatic carbocycles. The molecule has 1 N–H and O–H groups in total. The summed E-state index contributed by atoms with van der Waals surface area (Å²) in [4.78, 5) is 25.1. The molecule has 0 aromatic heterocycles. The third kappa shape index (κ3) is 7.12. The number of alkyl halides is 3. The molecule has 1 saturated heterocycles. The van der Waals surface area contributed by atoms with E-state index in [1.165, 1.54) is 24.3 Å². The highest BCUT2D eigenvalue weighted by Crippen LogP contribution is 2.38. The van der Waals surface area contributed by atoms with Gasteiger partial charge in [0, 0.05) is 18.7 Å². The average molecular weight is 465 g/mol. The maximum Gasteiger partial charge on any atom is 0.413 e. The van der Waals surface area contributed by atoms with Gasteiger partial charge in [0.15, 0.2) is 6.04 Å². The molecule has 0 unspecified atom stereocenters. The van der Waals surface area contributed by atoms with Gasteiger partial charge in [0.05, 0.1) is 11.5 Å². The zero-order valence-corrected chi connectivity index (χ0v) is 18.6. The third-order valence-electron chi connectivity index (χ3n) is 4.82. The van der Waals surface area contributed by atoms with Gasteiger partial charge in [-0.15, -0.1) is 0 Å². The number of nitrogens with zero attached hydrogens (tertiary/aromatic N) is 1. The summed E-state index contributed by atoms with van der Waals surface area (Å²) in [6.07, 6.45) is -5.47. The fraction of sp³-hybridized carbons (Fsp3) is 0.600. The maximum atomic E-state index is 13.8. The average Bonchev–Trinajstić information content (AvgIpc) is 2.60. The molecule has 11 heteroatoms. The minimum Gasteiger partial charge on any atom is -0.444 e. The smallest absolute Gasteiger partial charge is 0.413 e. The fourth-order valence-electron chi connectivity index (χ4n) is 3.35. The highest BCUT2D eigenvalue weighted by molar-refractivity contribution is 7.91. The lowest BCUT2D eigenvalue weighted by Gasteiger charge is -2.34. The number of carbonyl (C=O) groups is 2. The zero-order valence-electron chi connectivity index (χ0n) is 17.8. The number of carbonyl (C=O) groups excluding carboxylic acids is 2. The van der Waals surface area contributed by atoms with Crippen molar-refractivity contribution in [2.45, 2.75) is 51.4 Å². The first kappa shape index (κ1) is 25.0. The quantitative estimate of drug-likeness (QED) is 0.729. The Balaban J connectivity index is 2.17. The van der Waals surface area contributed by atoms with Gasteiger partial charge in [0.25, 0.3) is 0 Å². The van der Waals surface area contributed by atoms with Gasteiger partial charge in [-0.1, -0.05) is 12.1 Å². The van der Waals surface area contributed by atoms with Gasteiger partial charge >= 0.3 is 12.3 Å². The SMILES string of the molecule is CN(C(=O)C1CCS(=O)(=O)CC1)[C@@H](c1ccc(NC(=O)OC(C)(C)C)cc1)C(F)(F)F. The van der Waals surface area contributed by atoms with E-state index in [0.717, 1.165) is 7.05 Å². The van der Waals surface area contributed by atoms with Crippen LogP contribution in [0.25, 0.3) is 0 Å². The van der Waals surface area contributed by atoms with Gasteiger partial charge in [-0.2, -0.15) is 13.2 Å². The number of ether oxygens (including phenoxy) is 1. The van der Waals surface area contributed by atoms with Crippen LogP contribution in [0.15, 0.2) is 24.3 Å². The molecule has 7 nitrogen and oxygen atoms in total. The molecule has 1 atom stereocenters. The summed E-state index contributed by atoms with van der Waals surface area (Å²) < 4.78 is 69.7. The summed E-state index contributed by atoms with van der Waals surface area (Å²) >= 11 is 0. The topological polar surface area (TPSA) is 92.8 Å². The van der Waals surface area contributed by atoms with Gasteiger partial charge < -0.3 is 9.64 Å². The Labute approximate surface area is 179 Å². The van der Waals surface area contributed by atoms with Crippen molar-refractivity contribution in [1.29, 1.82) is 0 Å². The van der Waals surface area contributed by atoms with Gasteiger partial charge in [0.1, 0.15) is 15.4 Å². The number of benzene rings is 1. The molecular formula is C20H27F3N2O5S. The van der Waals surface area contributed by atoms with Gasteiger partial charge in [-0.05, 0) is 51.3 Å². The standard InChI is InChI=1S/C20H27F3N2O5S/c1-19(2,3)30-18(27)24-15-7-5-13(6-8-15)16(20(21,22)23)25(4)17(26)14-9-11-31(28,29)12-10-14/h5-8,14,16H,9-12H2,1-4H3,(H,24,27)/t16-/m0/s1. The molecule has 2 amide bonds. The number of rotatable bonds is 4. The molecule has 1 heterocycles. The Morgan fingerprint density at radius 2 is 1.61 bits per heavy atom. The van der Waals surface area contributed by atoms with Crippen molar-refractivity contribution in [3.05, 3.63) is 29.8 Å². The first-order valence-corrected chi connectivity index (χ1v) is 11.5. The van der Waals surface area contributed by atoms with Crippen LogP contribution in [-0.2, 0) is 19.4 Å². The van der Waals surface area contributed by atoms with Crippen molar-refractivity contribution < 1.29 is 35.9 Å². The normalized spacial score (nSPS) is 18.2. The minimum atomic E-state index is -4.74. The fourth-order valence-corrected chi connectivity index (χ4v) is 4.85. The van der Waals surface area contributed by atoms with Crippen LogP contribution in [0, 0.1) is 5.92 Å². The lowest BCUT2D eigenvalue weighted by Crippen LogP contribution is -2.44. The van der Waals surface area contributed by atoms with Crippen molar-refractivity contribution in [3.8, 4) is 0 Å². The number of amides is 2. The number of hydrogen-bond acceptors (Lipinski definition) is 5. The summed E-state index contributed by atoms with van der Waals surface area (Å²) in [5.74, 6) is -1.93. The van der Waals surface area contributed by atoms with Gasteiger partial charge in [0.2, 0.25) is 5.91 Å². The van der Waals surface area contributed by atoms with Crippen molar-refractivity contribution in [1.82, 2.24) is 4.90 Å². The molecule has 0 aliphatic carbocycles. The van der Waals surface area contributed by atoms with E-state index in [4.69, 9.17) is 4.74 Å². The second-order valence-electron chi connectivity index (χ2n) is 8.57. The number of nitrogens with one attached hydrogen (secondary N) is 1. The van der Waals surface area contributed by atoms with E-state index < -0.39 is 45.6 Å². The molecule has 0 radical (unpaired) electrons. The van der Waals surface area contributed by atoms with Gasteiger partial charge in [-0.3, -0.25) is 10.1 Å². The highest BCUT2D eigenvalue weighted by atomic mass is 32.2. The summed E-state index contributed by atoms with van der Waals surface area (Å²) in [7, 11) is -2.17. The molecule has 0 saturated carbocycles. The second kappa shape index (κ2) is 9.05. The summed E-state index contributed by atoms with van der Waals surface area (Å²) in [5.41, 5.74) is -0.667. The molecule has 2 rings (SSSR count). The van der Waals surface area contributed by atoms with Crippen LogP contribution in [-0.4, -0.2) is 55.6 Å². The third-order valence-corrected chi connectivity index (χ3v) is 6.54. The predicted molar refractivity (Wildman–Crippen MR) is 109 cm³/mol. The van der Waals surface area contributed by atoms with E-state index in [1.54, 1.807) is 20.8 Å². The van der Waals surface area contributed by atoms with Crippen molar-refractivity contribution >= 4 is 27.5 Å². The molecule has 0 bridgehead atoms. The first-order chi connectivity index (χ1) is 14.1. The molecule has 1 aromatic rings. The maximum absolute atomic E-state index is 13.8. The molecular weight excluding hydrogens is 437 g/mol. The lowest BCUT2D eigenvalue weighted by molar-refractivity contribution is -0.190. The van der Waals surface area contributed by atoms with E-state index in [2.05, 4.69) is 5.32 Å².